The summed E-state index contributed by atoms with van der Waals surface area (Å²) in [4.78, 5) is 23.9. The van der Waals surface area contributed by atoms with Crippen molar-refractivity contribution in [2.24, 2.45) is 5.90 Å². The van der Waals surface area contributed by atoms with Crippen LogP contribution in [0, 0.1) is 0 Å². The third-order valence-electron chi connectivity index (χ3n) is 1.07. The first-order valence-corrected chi connectivity index (χ1v) is 4.28. The van der Waals surface area contributed by atoms with E-state index in [0.717, 1.165) is 0 Å². The highest BCUT2D eigenvalue weighted by molar-refractivity contribution is 5.69. The first-order valence-electron chi connectivity index (χ1n) is 4.28. The van der Waals surface area contributed by atoms with Crippen molar-refractivity contribution < 1.29 is 19.2 Å². The van der Waals surface area contributed by atoms with Crippen LogP contribution in [0.5, 0.6) is 0 Å². The molecule has 0 saturated heterocycles. The molecule has 0 bridgehead atoms. The molecule has 0 unspecified atom stereocenters. The Morgan fingerprint density at radius 3 is 2.00 bits per heavy atom. The highest BCUT2D eigenvalue weighted by Crippen LogP contribution is 1.82. The van der Waals surface area contributed by atoms with Gasteiger partial charge in [-0.1, -0.05) is 26.5 Å². The molecule has 0 aliphatic carbocycles. The van der Waals surface area contributed by atoms with Gasteiger partial charge in [0.25, 0.3) is 0 Å². The fraction of sp³-hybridized carbons (Fsp3) is 0.556. The van der Waals surface area contributed by atoms with E-state index < -0.39 is 0 Å². The zero-order valence-corrected chi connectivity index (χ0v) is 8.62. The van der Waals surface area contributed by atoms with Crippen LogP contribution in [0.1, 0.15) is 26.7 Å². The van der Waals surface area contributed by atoms with Crippen LogP contribution in [0.4, 0.5) is 0 Å². The molecule has 0 aliphatic heterocycles. The van der Waals surface area contributed by atoms with Gasteiger partial charge in [0.05, 0.1) is 0 Å². The molecule has 0 aliphatic rings. The van der Waals surface area contributed by atoms with Crippen molar-refractivity contribution in [3.8, 4) is 0 Å². The number of hydrogen-bond donors (Lipinski definition) is 1. The predicted octanol–water partition coefficient (Wildman–Crippen LogP) is 0.939. The largest absolute Gasteiger partial charge is 0.461 e. The van der Waals surface area contributed by atoms with Crippen LogP contribution in [0.15, 0.2) is 12.7 Å². The molecule has 5 nitrogen and oxygen atoms in total. The van der Waals surface area contributed by atoms with Crippen molar-refractivity contribution in [2.75, 3.05) is 6.61 Å². The lowest BCUT2D eigenvalue weighted by Crippen LogP contribution is -2.07. The van der Waals surface area contributed by atoms with E-state index in [4.69, 9.17) is 0 Å². The minimum absolute atomic E-state index is 0.176. The summed E-state index contributed by atoms with van der Waals surface area (Å²) in [5.41, 5.74) is 0. The number of carbonyl (C=O) groups is 2. The monoisotopic (exact) mass is 203 g/mol. The number of nitrogens with two attached hydrogens (primary N) is 1. The second-order valence-electron chi connectivity index (χ2n) is 2.17. The van der Waals surface area contributed by atoms with E-state index in [2.05, 4.69) is 22.1 Å². The smallest absolute Gasteiger partial charge is 0.324 e. The van der Waals surface area contributed by atoms with Gasteiger partial charge in [-0.15, -0.1) is 0 Å². The average molecular weight is 203 g/mol. The Labute approximate surface area is 83.8 Å². The molecule has 0 amide bonds. The summed E-state index contributed by atoms with van der Waals surface area (Å²) in [5, 5.41) is 0. The second-order valence-corrected chi connectivity index (χ2v) is 2.17. The standard InChI is InChI=1S/C6H10O2.C3H7NO2/c1-3-5-8-6(7)4-2;1-2-3(5)6-4/h3H,1,4-5H2,2H3;2,4H2,1H3. The Morgan fingerprint density at radius 2 is 1.79 bits per heavy atom. The number of hydrogen-bond acceptors (Lipinski definition) is 5. The quantitative estimate of drug-likeness (QED) is 0.418. The van der Waals surface area contributed by atoms with Crippen LogP contribution in [0.2, 0.25) is 0 Å². The molecular weight excluding hydrogens is 186 g/mol. The van der Waals surface area contributed by atoms with Crippen molar-refractivity contribution >= 4 is 11.9 Å². The number of ether oxygens (including phenoxy) is 1. The Balaban J connectivity index is 0. The molecule has 0 aromatic carbocycles. The van der Waals surface area contributed by atoms with Crippen molar-refractivity contribution in [2.45, 2.75) is 26.7 Å². The van der Waals surface area contributed by atoms with Gasteiger partial charge >= 0.3 is 11.9 Å². The van der Waals surface area contributed by atoms with Gasteiger partial charge in [0.15, 0.2) is 0 Å². The topological polar surface area (TPSA) is 78.6 Å². The van der Waals surface area contributed by atoms with E-state index in [1.807, 2.05) is 0 Å². The molecule has 0 aromatic heterocycles. The molecule has 0 atom stereocenters. The van der Waals surface area contributed by atoms with Crippen LogP contribution >= 0.6 is 0 Å². The zero-order chi connectivity index (χ0) is 11.4. The second kappa shape index (κ2) is 11.6. The highest BCUT2D eigenvalue weighted by atomic mass is 16.7. The molecule has 2 N–H and O–H groups in total. The predicted molar refractivity (Wildman–Crippen MR) is 52.0 cm³/mol. The summed E-state index contributed by atoms with van der Waals surface area (Å²) in [5.74, 6) is 3.88. The van der Waals surface area contributed by atoms with E-state index in [0.29, 0.717) is 19.4 Å². The summed E-state index contributed by atoms with van der Waals surface area (Å²) in [6.07, 6.45) is 2.33. The Kier molecular flexibility index (Phi) is 12.6. The van der Waals surface area contributed by atoms with Crippen molar-refractivity contribution in [1.82, 2.24) is 0 Å². The van der Waals surface area contributed by atoms with Crippen molar-refractivity contribution in [3.63, 3.8) is 0 Å². The molecule has 0 heterocycles. The van der Waals surface area contributed by atoms with Crippen LogP contribution in [-0.4, -0.2) is 18.5 Å². The van der Waals surface area contributed by atoms with Gasteiger partial charge in [-0.05, 0) is 0 Å². The molecule has 0 rings (SSSR count). The molecule has 0 saturated carbocycles. The fourth-order valence-electron chi connectivity index (χ4n) is 0.337. The first kappa shape index (κ1) is 15.1. The molecule has 82 valence electrons. The molecule has 0 fully saturated rings. The third kappa shape index (κ3) is 13.2. The van der Waals surface area contributed by atoms with Gasteiger partial charge in [-0.25, -0.2) is 0 Å². The first-order chi connectivity index (χ1) is 6.62. The van der Waals surface area contributed by atoms with E-state index in [1.54, 1.807) is 19.9 Å². The van der Waals surface area contributed by atoms with Crippen LogP contribution in [-0.2, 0) is 19.2 Å². The highest BCUT2D eigenvalue weighted by Gasteiger charge is 1.92. The van der Waals surface area contributed by atoms with E-state index in [1.165, 1.54) is 0 Å². The van der Waals surface area contributed by atoms with E-state index >= 15 is 0 Å². The molecule has 0 spiro atoms. The Hall–Kier alpha value is -1.36. The number of carbonyl (C=O) groups excluding carboxylic acids is 2. The van der Waals surface area contributed by atoms with Crippen LogP contribution < -0.4 is 5.90 Å². The normalized spacial score (nSPS) is 7.93. The zero-order valence-electron chi connectivity index (χ0n) is 8.62. The van der Waals surface area contributed by atoms with Gasteiger partial charge in [-0.3, -0.25) is 9.59 Å². The minimum Gasteiger partial charge on any atom is -0.461 e. The maximum absolute atomic E-state index is 10.3. The molecular formula is C9H17NO4. The van der Waals surface area contributed by atoms with Crippen molar-refractivity contribution in [1.29, 1.82) is 0 Å². The van der Waals surface area contributed by atoms with Gasteiger partial charge < -0.3 is 9.57 Å². The summed E-state index contributed by atoms with van der Waals surface area (Å²) in [7, 11) is 0. The Morgan fingerprint density at radius 1 is 1.29 bits per heavy atom. The number of rotatable bonds is 4. The Bertz CT molecular complexity index is 174. The van der Waals surface area contributed by atoms with Crippen LogP contribution in [0.25, 0.3) is 0 Å². The fourth-order valence-corrected chi connectivity index (χ4v) is 0.337. The maximum atomic E-state index is 10.3. The molecule has 14 heavy (non-hydrogen) atoms. The summed E-state index contributed by atoms with van der Waals surface area (Å²) in [6, 6.07) is 0. The van der Waals surface area contributed by atoms with Gasteiger partial charge in [0.2, 0.25) is 0 Å². The number of esters is 1. The maximum Gasteiger partial charge on any atom is 0.324 e. The lowest BCUT2D eigenvalue weighted by molar-refractivity contribution is -0.144. The average Bonchev–Trinajstić information content (AvgIpc) is 2.25. The SMILES string of the molecule is C=CCOC(=O)CC.CCC(=O)ON. The lowest BCUT2D eigenvalue weighted by Gasteiger charge is -1.94. The summed E-state index contributed by atoms with van der Waals surface area (Å²) < 4.78 is 4.58. The third-order valence-corrected chi connectivity index (χ3v) is 1.07. The molecule has 0 aromatic rings. The van der Waals surface area contributed by atoms with Crippen LogP contribution in [0.3, 0.4) is 0 Å². The van der Waals surface area contributed by atoms with Gasteiger partial charge in [0, 0.05) is 12.8 Å². The van der Waals surface area contributed by atoms with Gasteiger partial charge in [0.1, 0.15) is 6.61 Å². The summed E-state index contributed by atoms with van der Waals surface area (Å²) >= 11 is 0. The lowest BCUT2D eigenvalue weighted by atomic mass is 10.5. The minimum atomic E-state index is -0.380. The van der Waals surface area contributed by atoms with E-state index in [-0.39, 0.29) is 11.9 Å². The van der Waals surface area contributed by atoms with Gasteiger partial charge in [-0.2, -0.15) is 5.90 Å². The van der Waals surface area contributed by atoms with Crippen molar-refractivity contribution in [3.05, 3.63) is 12.7 Å². The summed E-state index contributed by atoms with van der Waals surface area (Å²) in [6.45, 7) is 7.15. The molecule has 0 radical (unpaired) electrons. The molecule has 5 heteroatoms. The van der Waals surface area contributed by atoms with E-state index in [9.17, 15) is 9.59 Å².